The molecular weight excluding hydrogens is 366 g/mol. The molecule has 0 spiro atoms. The van der Waals surface area contributed by atoms with E-state index >= 15 is 0 Å². The molecule has 2 aromatic rings. The molecule has 0 aromatic heterocycles. The zero-order valence-corrected chi connectivity index (χ0v) is 15.4. The maximum atomic E-state index is 14.2. The summed E-state index contributed by atoms with van der Waals surface area (Å²) < 4.78 is 32.6. The van der Waals surface area contributed by atoms with Crippen molar-refractivity contribution in [1.29, 1.82) is 0 Å². The lowest BCUT2D eigenvalue weighted by molar-refractivity contribution is -0.118. The van der Waals surface area contributed by atoms with Crippen LogP contribution in [0.3, 0.4) is 0 Å². The Hall–Kier alpha value is -2.96. The van der Waals surface area contributed by atoms with Crippen LogP contribution in [-0.2, 0) is 22.6 Å². The number of benzene rings is 2. The van der Waals surface area contributed by atoms with Crippen LogP contribution in [0.2, 0.25) is 0 Å². The van der Waals surface area contributed by atoms with E-state index < -0.39 is 17.7 Å². The van der Waals surface area contributed by atoms with E-state index in [0.29, 0.717) is 31.4 Å². The van der Waals surface area contributed by atoms with Gasteiger partial charge in [0, 0.05) is 25.6 Å². The number of aryl methyl sites for hydroxylation is 1. The van der Waals surface area contributed by atoms with E-state index in [1.165, 1.54) is 11.0 Å². The van der Waals surface area contributed by atoms with Gasteiger partial charge in [-0.15, -0.1) is 0 Å². The fraction of sp³-hybridized carbons (Fsp3) is 0.333. The highest BCUT2D eigenvalue weighted by molar-refractivity contribution is 5.94. The summed E-state index contributed by atoms with van der Waals surface area (Å²) in [5, 5.41) is 2.59. The second-order valence-corrected chi connectivity index (χ2v) is 6.64. The number of halogens is 2. The molecule has 1 N–H and O–H groups in total. The molecule has 0 radical (unpaired) electrons. The highest BCUT2D eigenvalue weighted by atomic mass is 19.1. The Labute approximate surface area is 162 Å². The van der Waals surface area contributed by atoms with Crippen LogP contribution in [0.4, 0.5) is 19.3 Å². The standard InChI is InChI=1S/C21H22F2N2O3/c22-17-12-16-8-5-11-25(20(16)18(23)13-17)19(26)9-4-10-24-21(27)28-14-15-6-2-1-3-7-15/h1-3,6-7,12-13H,4-5,8-11,14H2,(H,24,27). The molecule has 0 atom stereocenters. The molecule has 28 heavy (non-hydrogen) atoms. The van der Waals surface area contributed by atoms with Crippen molar-refractivity contribution in [2.45, 2.75) is 32.3 Å². The molecule has 0 bridgehead atoms. The number of alkyl carbamates (subject to hydrolysis) is 1. The number of nitrogens with one attached hydrogen (secondary N) is 1. The first-order chi connectivity index (χ1) is 13.5. The van der Waals surface area contributed by atoms with Gasteiger partial charge in [-0.1, -0.05) is 30.3 Å². The van der Waals surface area contributed by atoms with Gasteiger partial charge in [0.15, 0.2) is 0 Å². The van der Waals surface area contributed by atoms with Crippen molar-refractivity contribution in [3.05, 3.63) is 65.2 Å². The molecule has 1 aliphatic heterocycles. The Balaban J connectivity index is 1.44. The van der Waals surface area contributed by atoms with Gasteiger partial charge >= 0.3 is 6.09 Å². The minimum atomic E-state index is -0.717. The van der Waals surface area contributed by atoms with E-state index in [-0.39, 0.29) is 31.2 Å². The molecule has 0 saturated carbocycles. The number of hydrogen-bond donors (Lipinski definition) is 1. The van der Waals surface area contributed by atoms with Crippen LogP contribution in [0.5, 0.6) is 0 Å². The van der Waals surface area contributed by atoms with E-state index in [0.717, 1.165) is 11.6 Å². The highest BCUT2D eigenvalue weighted by Gasteiger charge is 2.26. The van der Waals surface area contributed by atoms with Crippen molar-refractivity contribution in [1.82, 2.24) is 5.32 Å². The molecule has 7 heteroatoms. The third kappa shape index (κ3) is 5.06. The largest absolute Gasteiger partial charge is 0.445 e. The fourth-order valence-corrected chi connectivity index (χ4v) is 3.24. The third-order valence-corrected chi connectivity index (χ3v) is 4.56. The van der Waals surface area contributed by atoms with Crippen molar-refractivity contribution < 1.29 is 23.1 Å². The summed E-state index contributed by atoms with van der Waals surface area (Å²) in [6.07, 6.45) is 1.19. The molecule has 1 heterocycles. The van der Waals surface area contributed by atoms with Crippen LogP contribution in [0.1, 0.15) is 30.4 Å². The number of anilines is 1. The van der Waals surface area contributed by atoms with Crippen molar-refractivity contribution in [2.24, 2.45) is 0 Å². The topological polar surface area (TPSA) is 58.6 Å². The smallest absolute Gasteiger partial charge is 0.407 e. The average Bonchev–Trinajstić information content (AvgIpc) is 2.69. The van der Waals surface area contributed by atoms with Gasteiger partial charge in [0.1, 0.15) is 18.2 Å². The maximum Gasteiger partial charge on any atom is 0.407 e. The van der Waals surface area contributed by atoms with Crippen LogP contribution < -0.4 is 10.2 Å². The van der Waals surface area contributed by atoms with Gasteiger partial charge in [-0.3, -0.25) is 4.79 Å². The van der Waals surface area contributed by atoms with Crippen LogP contribution >= 0.6 is 0 Å². The number of nitrogens with zero attached hydrogens (tertiary/aromatic N) is 1. The maximum absolute atomic E-state index is 14.2. The summed E-state index contributed by atoms with van der Waals surface area (Å²) in [5.74, 6) is -1.60. The number of ether oxygens (including phenoxy) is 1. The van der Waals surface area contributed by atoms with Crippen LogP contribution in [-0.4, -0.2) is 25.1 Å². The van der Waals surface area contributed by atoms with E-state index in [2.05, 4.69) is 5.32 Å². The van der Waals surface area contributed by atoms with Crippen molar-refractivity contribution >= 4 is 17.7 Å². The molecule has 0 saturated heterocycles. The highest BCUT2D eigenvalue weighted by Crippen LogP contribution is 2.31. The number of hydrogen-bond acceptors (Lipinski definition) is 3. The lowest BCUT2D eigenvalue weighted by Gasteiger charge is -2.30. The van der Waals surface area contributed by atoms with Crippen LogP contribution in [0, 0.1) is 11.6 Å². The summed E-state index contributed by atoms with van der Waals surface area (Å²) in [6, 6.07) is 11.4. The Kier molecular flexibility index (Phi) is 6.57. The second kappa shape index (κ2) is 9.30. The third-order valence-electron chi connectivity index (χ3n) is 4.56. The monoisotopic (exact) mass is 388 g/mol. The first kappa shape index (κ1) is 19.8. The van der Waals surface area contributed by atoms with Crippen molar-refractivity contribution in [2.75, 3.05) is 18.0 Å². The Morgan fingerprint density at radius 3 is 2.71 bits per heavy atom. The minimum Gasteiger partial charge on any atom is -0.445 e. The van der Waals surface area contributed by atoms with Crippen molar-refractivity contribution in [3.63, 3.8) is 0 Å². The normalized spacial score (nSPS) is 13.0. The van der Waals surface area contributed by atoms with Crippen LogP contribution in [0.15, 0.2) is 42.5 Å². The zero-order chi connectivity index (χ0) is 19.9. The molecular formula is C21H22F2N2O3. The fourth-order valence-electron chi connectivity index (χ4n) is 3.24. The summed E-state index contributed by atoms with van der Waals surface area (Å²) in [6.45, 7) is 0.846. The number of carbonyl (C=O) groups excluding carboxylic acids is 2. The predicted octanol–water partition coefficient (Wildman–Crippen LogP) is 3.95. The SMILES string of the molecule is O=C(NCCCC(=O)N1CCCc2cc(F)cc(F)c21)OCc1ccccc1. The Morgan fingerprint density at radius 2 is 1.93 bits per heavy atom. The molecule has 0 unspecified atom stereocenters. The van der Waals surface area contributed by atoms with Gasteiger partial charge in [0.25, 0.3) is 0 Å². The lowest BCUT2D eigenvalue weighted by atomic mass is 10.0. The summed E-state index contributed by atoms with van der Waals surface area (Å²) >= 11 is 0. The number of carbonyl (C=O) groups is 2. The van der Waals surface area contributed by atoms with E-state index in [1.54, 1.807) is 0 Å². The van der Waals surface area contributed by atoms with Gasteiger partial charge < -0.3 is 15.0 Å². The predicted molar refractivity (Wildman–Crippen MR) is 101 cm³/mol. The van der Waals surface area contributed by atoms with Crippen molar-refractivity contribution in [3.8, 4) is 0 Å². The first-order valence-electron chi connectivity index (χ1n) is 9.27. The first-order valence-corrected chi connectivity index (χ1v) is 9.27. The van der Waals surface area contributed by atoms with Gasteiger partial charge in [-0.05, 0) is 36.5 Å². The molecule has 5 nitrogen and oxygen atoms in total. The lowest BCUT2D eigenvalue weighted by Crippen LogP contribution is -2.36. The van der Waals surface area contributed by atoms with E-state index in [1.807, 2.05) is 30.3 Å². The number of amides is 2. The summed E-state index contributed by atoms with van der Waals surface area (Å²) in [7, 11) is 0. The average molecular weight is 388 g/mol. The molecule has 3 rings (SSSR count). The molecule has 0 aliphatic carbocycles. The molecule has 0 fully saturated rings. The quantitative estimate of drug-likeness (QED) is 0.763. The minimum absolute atomic E-state index is 0.148. The van der Waals surface area contributed by atoms with Gasteiger partial charge in [0.05, 0.1) is 5.69 Å². The van der Waals surface area contributed by atoms with Gasteiger partial charge in [-0.2, -0.15) is 0 Å². The Morgan fingerprint density at radius 1 is 1.14 bits per heavy atom. The van der Waals surface area contributed by atoms with E-state index in [9.17, 15) is 18.4 Å². The number of fused-ring (bicyclic) bond motifs is 1. The molecule has 2 aromatic carbocycles. The molecule has 2 amide bonds. The van der Waals surface area contributed by atoms with Gasteiger partial charge in [0.2, 0.25) is 5.91 Å². The summed E-state index contributed by atoms with van der Waals surface area (Å²) in [4.78, 5) is 25.5. The summed E-state index contributed by atoms with van der Waals surface area (Å²) in [5.41, 5.74) is 1.57. The Bertz CT molecular complexity index is 843. The second-order valence-electron chi connectivity index (χ2n) is 6.64. The van der Waals surface area contributed by atoms with Crippen LogP contribution in [0.25, 0.3) is 0 Å². The zero-order valence-electron chi connectivity index (χ0n) is 15.4. The van der Waals surface area contributed by atoms with Gasteiger partial charge in [-0.25, -0.2) is 13.6 Å². The molecule has 1 aliphatic rings. The number of rotatable bonds is 6. The van der Waals surface area contributed by atoms with E-state index in [4.69, 9.17) is 4.74 Å². The molecule has 148 valence electrons.